The second kappa shape index (κ2) is 13.8. The molecule has 1 aromatic carbocycles. The molecular weight excluding hydrogens is 450 g/mol. The van der Waals surface area contributed by atoms with E-state index >= 15 is 0 Å². The van der Waals surface area contributed by atoms with Crippen LogP contribution in [0.25, 0.3) is 0 Å². The van der Waals surface area contributed by atoms with Crippen molar-refractivity contribution < 1.29 is 24.3 Å². The highest BCUT2D eigenvalue weighted by molar-refractivity contribution is 5.94. The number of amides is 3. The highest BCUT2D eigenvalue weighted by Gasteiger charge is 2.38. The first-order valence-corrected chi connectivity index (χ1v) is 12.3. The minimum atomic E-state index is -1.14. The van der Waals surface area contributed by atoms with Crippen LogP contribution in [0, 0.1) is 5.92 Å². The smallest absolute Gasteiger partial charge is 0.326 e. The summed E-state index contributed by atoms with van der Waals surface area (Å²) in [7, 11) is 0. The van der Waals surface area contributed by atoms with Crippen LogP contribution in [0.5, 0.6) is 0 Å². The first-order valence-electron chi connectivity index (χ1n) is 12.3. The molecule has 1 fully saturated rings. The molecule has 4 unspecified atom stereocenters. The van der Waals surface area contributed by atoms with E-state index < -0.39 is 42.0 Å². The van der Waals surface area contributed by atoms with E-state index in [-0.39, 0.29) is 24.7 Å². The number of hydrogen-bond donors (Lipinski definition) is 5. The second-order valence-corrected chi connectivity index (χ2v) is 9.39. The van der Waals surface area contributed by atoms with Crippen molar-refractivity contribution in [2.24, 2.45) is 17.4 Å². The Kier molecular flexibility index (Phi) is 11.1. The number of nitrogens with one attached hydrogen (secondary N) is 2. The van der Waals surface area contributed by atoms with Crippen LogP contribution in [0.1, 0.15) is 51.5 Å². The van der Waals surface area contributed by atoms with E-state index in [1.807, 2.05) is 44.2 Å². The van der Waals surface area contributed by atoms with Crippen molar-refractivity contribution in [2.45, 2.75) is 76.5 Å². The number of aliphatic carboxylic acids is 1. The van der Waals surface area contributed by atoms with E-state index in [1.54, 1.807) is 0 Å². The molecule has 10 nitrogen and oxygen atoms in total. The fourth-order valence-corrected chi connectivity index (χ4v) is 4.13. The van der Waals surface area contributed by atoms with Crippen molar-refractivity contribution in [3.05, 3.63) is 35.9 Å². The molecule has 0 radical (unpaired) electrons. The number of unbranched alkanes of at least 4 members (excludes halogenated alkanes) is 1. The predicted molar refractivity (Wildman–Crippen MR) is 132 cm³/mol. The van der Waals surface area contributed by atoms with Gasteiger partial charge in [-0.15, -0.1) is 0 Å². The van der Waals surface area contributed by atoms with Gasteiger partial charge in [-0.25, -0.2) is 4.79 Å². The average molecular weight is 490 g/mol. The zero-order valence-corrected chi connectivity index (χ0v) is 20.6. The molecule has 0 saturated carbocycles. The number of benzene rings is 1. The topological polar surface area (TPSA) is 168 Å². The van der Waals surface area contributed by atoms with Crippen LogP contribution in [0.4, 0.5) is 0 Å². The molecule has 7 N–H and O–H groups in total. The van der Waals surface area contributed by atoms with Crippen molar-refractivity contribution in [2.75, 3.05) is 13.1 Å². The molecule has 1 aliphatic heterocycles. The first kappa shape index (κ1) is 28.3. The van der Waals surface area contributed by atoms with Gasteiger partial charge in [0.05, 0.1) is 6.04 Å². The number of likely N-dealkylation sites (tertiary alicyclic amines) is 1. The Balaban J connectivity index is 2.17. The number of nitrogens with zero attached hydrogens (tertiary/aromatic N) is 1. The highest BCUT2D eigenvalue weighted by Crippen LogP contribution is 2.20. The lowest BCUT2D eigenvalue weighted by molar-refractivity contribution is -0.143. The summed E-state index contributed by atoms with van der Waals surface area (Å²) in [5, 5.41) is 14.9. The van der Waals surface area contributed by atoms with Crippen molar-refractivity contribution in [1.82, 2.24) is 15.5 Å². The summed E-state index contributed by atoms with van der Waals surface area (Å²) in [5.74, 6) is -2.53. The number of carboxylic acid groups (broad SMARTS) is 1. The molecule has 4 atom stereocenters. The lowest BCUT2D eigenvalue weighted by Gasteiger charge is -2.29. The van der Waals surface area contributed by atoms with Gasteiger partial charge in [0.15, 0.2) is 0 Å². The molecule has 0 aliphatic carbocycles. The Labute approximate surface area is 206 Å². The zero-order valence-electron chi connectivity index (χ0n) is 20.6. The van der Waals surface area contributed by atoms with Gasteiger partial charge in [0, 0.05) is 13.0 Å². The van der Waals surface area contributed by atoms with Gasteiger partial charge in [-0.05, 0) is 50.1 Å². The third-order valence-corrected chi connectivity index (χ3v) is 6.32. The molecule has 2 rings (SSSR count). The van der Waals surface area contributed by atoms with Crippen LogP contribution in [0.15, 0.2) is 30.3 Å². The van der Waals surface area contributed by atoms with Crippen LogP contribution in [-0.4, -0.2) is 71.0 Å². The maximum absolute atomic E-state index is 13.2. The number of nitrogens with two attached hydrogens (primary N) is 2. The molecule has 10 heteroatoms. The van der Waals surface area contributed by atoms with Crippen molar-refractivity contribution in [1.29, 1.82) is 0 Å². The molecule has 1 saturated heterocycles. The van der Waals surface area contributed by atoms with E-state index in [0.29, 0.717) is 38.8 Å². The molecule has 1 aliphatic rings. The molecule has 35 heavy (non-hydrogen) atoms. The third-order valence-electron chi connectivity index (χ3n) is 6.32. The lowest BCUT2D eigenvalue weighted by atomic mass is 10.0. The van der Waals surface area contributed by atoms with Gasteiger partial charge < -0.3 is 32.1 Å². The highest BCUT2D eigenvalue weighted by atomic mass is 16.4. The minimum absolute atomic E-state index is 0.0735. The lowest BCUT2D eigenvalue weighted by Crippen LogP contribution is -2.57. The van der Waals surface area contributed by atoms with E-state index in [1.165, 1.54) is 4.90 Å². The van der Waals surface area contributed by atoms with Gasteiger partial charge in [0.1, 0.15) is 18.1 Å². The maximum atomic E-state index is 13.2. The minimum Gasteiger partial charge on any atom is -0.480 e. The molecular formula is C25H39N5O5. The van der Waals surface area contributed by atoms with Crippen LogP contribution in [0.2, 0.25) is 0 Å². The molecule has 3 amide bonds. The molecule has 0 aromatic heterocycles. The first-order chi connectivity index (χ1) is 16.6. The Bertz CT molecular complexity index is 863. The summed E-state index contributed by atoms with van der Waals surface area (Å²) in [6.07, 6.45) is 2.75. The van der Waals surface area contributed by atoms with Gasteiger partial charge in [-0.2, -0.15) is 0 Å². The fraction of sp³-hybridized carbons (Fsp3) is 0.600. The van der Waals surface area contributed by atoms with Crippen LogP contribution < -0.4 is 22.1 Å². The van der Waals surface area contributed by atoms with E-state index in [9.17, 15) is 24.3 Å². The summed E-state index contributed by atoms with van der Waals surface area (Å²) < 4.78 is 0. The van der Waals surface area contributed by atoms with E-state index in [2.05, 4.69) is 10.6 Å². The molecule has 1 heterocycles. The van der Waals surface area contributed by atoms with E-state index in [4.69, 9.17) is 11.5 Å². The normalized spacial score (nSPS) is 18.1. The monoisotopic (exact) mass is 489 g/mol. The van der Waals surface area contributed by atoms with Gasteiger partial charge in [-0.1, -0.05) is 44.2 Å². The second-order valence-electron chi connectivity index (χ2n) is 9.39. The summed E-state index contributed by atoms with van der Waals surface area (Å²) in [6, 6.07) is 5.62. The summed E-state index contributed by atoms with van der Waals surface area (Å²) in [6.45, 7) is 4.56. The van der Waals surface area contributed by atoms with Gasteiger partial charge in [0.25, 0.3) is 0 Å². The number of hydrogen-bond acceptors (Lipinski definition) is 6. The average Bonchev–Trinajstić information content (AvgIpc) is 3.32. The van der Waals surface area contributed by atoms with Gasteiger partial charge in [-0.3, -0.25) is 14.4 Å². The quantitative estimate of drug-likeness (QED) is 0.250. The largest absolute Gasteiger partial charge is 0.480 e. The van der Waals surface area contributed by atoms with Gasteiger partial charge in [0.2, 0.25) is 17.7 Å². The molecule has 0 bridgehead atoms. The Morgan fingerprint density at radius 3 is 2.37 bits per heavy atom. The number of carboxylic acids is 1. The van der Waals surface area contributed by atoms with E-state index in [0.717, 1.165) is 5.56 Å². The maximum Gasteiger partial charge on any atom is 0.326 e. The molecule has 1 aromatic rings. The summed E-state index contributed by atoms with van der Waals surface area (Å²) in [5.41, 5.74) is 12.3. The zero-order chi connectivity index (χ0) is 26.0. The van der Waals surface area contributed by atoms with Crippen LogP contribution in [0.3, 0.4) is 0 Å². The Morgan fingerprint density at radius 1 is 1.09 bits per heavy atom. The van der Waals surface area contributed by atoms with Crippen molar-refractivity contribution in [3.63, 3.8) is 0 Å². The number of rotatable bonds is 13. The SMILES string of the molecule is CC(C)C(N)C(=O)N1CCCC1C(=O)NC(Cc1ccccc1)C(=O)NC(CCCCN)C(=O)O. The van der Waals surface area contributed by atoms with Crippen LogP contribution in [-0.2, 0) is 25.6 Å². The molecule has 194 valence electrons. The van der Waals surface area contributed by atoms with Crippen LogP contribution >= 0.6 is 0 Å². The number of carbonyl (C=O) groups is 4. The number of carbonyl (C=O) groups excluding carboxylic acids is 3. The van der Waals surface area contributed by atoms with Crippen molar-refractivity contribution in [3.8, 4) is 0 Å². The van der Waals surface area contributed by atoms with Gasteiger partial charge >= 0.3 is 5.97 Å². The standard InChI is InChI=1S/C25H39N5O5/c1-16(2)21(27)24(33)30-14-8-12-20(30)23(32)29-19(15-17-9-4-3-5-10-17)22(31)28-18(25(34)35)11-6-7-13-26/h3-5,9-10,16,18-21H,6-8,11-15,26-27H2,1-2H3,(H,28,31)(H,29,32)(H,34,35). The third kappa shape index (κ3) is 8.32. The Hall–Kier alpha value is -2.98. The fourth-order valence-electron chi connectivity index (χ4n) is 4.13. The Morgan fingerprint density at radius 2 is 1.77 bits per heavy atom. The summed E-state index contributed by atoms with van der Waals surface area (Å²) in [4.78, 5) is 52.4. The molecule has 0 spiro atoms. The predicted octanol–water partition coefficient (Wildman–Crippen LogP) is 0.387. The van der Waals surface area contributed by atoms with Crippen molar-refractivity contribution >= 4 is 23.7 Å². The summed E-state index contributed by atoms with van der Waals surface area (Å²) >= 11 is 0.